The van der Waals surface area contributed by atoms with Crippen LogP contribution in [0.2, 0.25) is 0 Å². The Bertz CT molecular complexity index is 103. The van der Waals surface area contributed by atoms with Crippen LogP contribution in [-0.4, -0.2) is 12.1 Å². The lowest BCUT2D eigenvalue weighted by Crippen LogP contribution is -2.36. The van der Waals surface area contributed by atoms with Gasteiger partial charge in [-0.3, -0.25) is 0 Å². The van der Waals surface area contributed by atoms with E-state index < -0.39 is 0 Å². The first-order chi connectivity index (χ1) is 4.62. The van der Waals surface area contributed by atoms with Crippen LogP contribution in [0.3, 0.4) is 0 Å². The highest BCUT2D eigenvalue weighted by molar-refractivity contribution is 5.00. The molecule has 0 amide bonds. The number of nitrogens with one attached hydrogen (secondary N) is 1. The minimum absolute atomic E-state index is 0.171. The zero-order chi connectivity index (χ0) is 8.04. The molecule has 60 valence electrons. The second-order valence-corrected chi connectivity index (χ2v) is 3.06. The predicted molar refractivity (Wildman–Crippen MR) is 47.2 cm³/mol. The molecule has 0 aromatic rings. The Kier molecular flexibility index (Phi) is 4.37. The van der Waals surface area contributed by atoms with Crippen LogP contribution >= 0.6 is 0 Å². The fourth-order valence-corrected chi connectivity index (χ4v) is 0.927. The van der Waals surface area contributed by atoms with E-state index >= 15 is 0 Å². The molecule has 1 heteroatoms. The monoisotopic (exact) mass is 141 g/mol. The summed E-state index contributed by atoms with van der Waals surface area (Å²) < 4.78 is 0. The Morgan fingerprint density at radius 1 is 1.30 bits per heavy atom. The first-order valence-corrected chi connectivity index (χ1v) is 4.05. The van der Waals surface area contributed by atoms with Gasteiger partial charge in [-0.15, -0.1) is 0 Å². The Morgan fingerprint density at radius 2 is 1.90 bits per heavy atom. The molecular weight excluding hydrogens is 122 g/mol. The lowest BCUT2D eigenvalue weighted by atomic mass is 10.1. The maximum absolute atomic E-state index is 3.37. The topological polar surface area (TPSA) is 12.0 Å². The Morgan fingerprint density at radius 3 is 2.30 bits per heavy atom. The summed E-state index contributed by atoms with van der Waals surface area (Å²) in [6.45, 7) is 9.67. The van der Waals surface area contributed by atoms with Gasteiger partial charge in [0.15, 0.2) is 0 Å². The molecule has 0 atom stereocenters. The molecule has 0 unspecified atom stereocenters. The van der Waals surface area contributed by atoms with E-state index in [1.165, 1.54) is 0 Å². The van der Waals surface area contributed by atoms with Crippen molar-refractivity contribution in [1.29, 1.82) is 0 Å². The van der Waals surface area contributed by atoms with Crippen molar-refractivity contribution in [3.8, 4) is 0 Å². The largest absolute Gasteiger partial charge is 0.309 e. The van der Waals surface area contributed by atoms with Crippen molar-refractivity contribution in [2.24, 2.45) is 0 Å². The number of likely N-dealkylation sites (N-methyl/N-ethyl adjacent to an activating group) is 1. The first kappa shape index (κ1) is 9.70. The molecule has 0 bridgehead atoms. The van der Waals surface area contributed by atoms with Crippen LogP contribution in [0.1, 0.15) is 34.1 Å². The normalized spacial score (nSPS) is 12.8. The van der Waals surface area contributed by atoms with E-state index in [2.05, 4.69) is 45.2 Å². The van der Waals surface area contributed by atoms with Crippen LogP contribution in [0.5, 0.6) is 0 Å². The maximum Gasteiger partial charge on any atom is 0.0307 e. The van der Waals surface area contributed by atoms with Gasteiger partial charge in [0.1, 0.15) is 0 Å². The molecular formula is C9H19N. The summed E-state index contributed by atoms with van der Waals surface area (Å²) >= 11 is 0. The lowest BCUT2D eigenvalue weighted by molar-refractivity contribution is 0.490. The van der Waals surface area contributed by atoms with Gasteiger partial charge in [-0.05, 0) is 26.8 Å². The van der Waals surface area contributed by atoms with Crippen molar-refractivity contribution in [1.82, 2.24) is 5.32 Å². The summed E-state index contributed by atoms with van der Waals surface area (Å²) in [7, 11) is 0. The maximum atomic E-state index is 3.37. The molecule has 1 N–H and O–H groups in total. The molecule has 0 radical (unpaired) electrons. The summed E-state index contributed by atoms with van der Waals surface area (Å²) in [5, 5.41) is 3.37. The lowest BCUT2D eigenvalue weighted by Gasteiger charge is -2.20. The number of hydrogen-bond acceptors (Lipinski definition) is 1. The van der Waals surface area contributed by atoms with Crippen molar-refractivity contribution < 1.29 is 0 Å². The molecule has 0 aliphatic rings. The molecule has 0 rings (SSSR count). The van der Waals surface area contributed by atoms with Crippen LogP contribution in [0.4, 0.5) is 0 Å². The molecule has 0 heterocycles. The molecule has 0 aromatic heterocycles. The number of hydrogen-bond donors (Lipinski definition) is 1. The van der Waals surface area contributed by atoms with Gasteiger partial charge in [0.2, 0.25) is 0 Å². The van der Waals surface area contributed by atoms with Crippen molar-refractivity contribution in [2.75, 3.05) is 6.54 Å². The minimum atomic E-state index is 0.171. The van der Waals surface area contributed by atoms with E-state index in [1.807, 2.05) is 0 Å². The quantitative estimate of drug-likeness (QED) is 0.592. The Labute approximate surface area is 64.5 Å². The van der Waals surface area contributed by atoms with Crippen molar-refractivity contribution in [2.45, 2.75) is 39.7 Å². The molecule has 0 spiro atoms. The van der Waals surface area contributed by atoms with Crippen LogP contribution in [0.25, 0.3) is 0 Å². The van der Waals surface area contributed by atoms with Gasteiger partial charge in [-0.25, -0.2) is 0 Å². The second-order valence-electron chi connectivity index (χ2n) is 3.06. The highest BCUT2D eigenvalue weighted by Gasteiger charge is 2.09. The van der Waals surface area contributed by atoms with Crippen molar-refractivity contribution in [3.05, 3.63) is 12.2 Å². The van der Waals surface area contributed by atoms with Gasteiger partial charge in [0.05, 0.1) is 0 Å². The summed E-state index contributed by atoms with van der Waals surface area (Å²) in [6.07, 6.45) is 5.54. The molecule has 0 saturated heterocycles. The smallest absolute Gasteiger partial charge is 0.0307 e. The van der Waals surface area contributed by atoms with Gasteiger partial charge in [-0.2, -0.15) is 0 Å². The average molecular weight is 141 g/mol. The minimum Gasteiger partial charge on any atom is -0.309 e. The van der Waals surface area contributed by atoms with E-state index in [1.54, 1.807) is 0 Å². The third-order valence-corrected chi connectivity index (χ3v) is 1.40. The first-order valence-electron chi connectivity index (χ1n) is 4.05. The fourth-order valence-electron chi connectivity index (χ4n) is 0.927. The molecule has 0 aliphatic carbocycles. The molecule has 0 aromatic carbocycles. The average Bonchev–Trinajstić information content (AvgIpc) is 1.84. The highest BCUT2D eigenvalue weighted by Crippen LogP contribution is 2.03. The molecule has 0 aliphatic heterocycles. The van der Waals surface area contributed by atoms with E-state index in [-0.39, 0.29) is 5.54 Å². The van der Waals surface area contributed by atoms with Crippen LogP contribution in [-0.2, 0) is 0 Å². The zero-order valence-electron chi connectivity index (χ0n) is 7.57. The van der Waals surface area contributed by atoms with Crippen molar-refractivity contribution >= 4 is 0 Å². The second kappa shape index (κ2) is 4.51. The third-order valence-electron chi connectivity index (χ3n) is 1.40. The van der Waals surface area contributed by atoms with Gasteiger partial charge in [0, 0.05) is 5.54 Å². The summed E-state index contributed by atoms with van der Waals surface area (Å²) in [5.41, 5.74) is 0.171. The number of rotatable bonds is 4. The van der Waals surface area contributed by atoms with E-state index in [0.29, 0.717) is 0 Å². The van der Waals surface area contributed by atoms with E-state index in [0.717, 1.165) is 13.0 Å². The van der Waals surface area contributed by atoms with Crippen molar-refractivity contribution in [3.63, 3.8) is 0 Å². The van der Waals surface area contributed by atoms with Crippen LogP contribution in [0, 0.1) is 0 Å². The summed E-state index contributed by atoms with van der Waals surface area (Å²) in [5.74, 6) is 0. The van der Waals surface area contributed by atoms with Crippen LogP contribution in [0.15, 0.2) is 12.2 Å². The molecule has 1 nitrogen and oxygen atoms in total. The van der Waals surface area contributed by atoms with Gasteiger partial charge < -0.3 is 5.32 Å². The highest BCUT2D eigenvalue weighted by atomic mass is 14.9. The summed E-state index contributed by atoms with van der Waals surface area (Å²) in [6, 6.07) is 0. The van der Waals surface area contributed by atoms with Gasteiger partial charge >= 0.3 is 0 Å². The number of allylic oxidation sites excluding steroid dienone is 1. The van der Waals surface area contributed by atoms with Gasteiger partial charge in [-0.1, -0.05) is 26.0 Å². The Balaban J connectivity index is 3.73. The van der Waals surface area contributed by atoms with Gasteiger partial charge in [0.25, 0.3) is 0 Å². The Hall–Kier alpha value is -0.300. The van der Waals surface area contributed by atoms with E-state index in [4.69, 9.17) is 0 Å². The molecule has 10 heavy (non-hydrogen) atoms. The van der Waals surface area contributed by atoms with Crippen LogP contribution < -0.4 is 5.32 Å². The molecule has 0 saturated carbocycles. The summed E-state index contributed by atoms with van der Waals surface area (Å²) in [4.78, 5) is 0. The standard InChI is InChI=1S/C9H19N/c1-5-7-8-9(3,4)10-6-2/h7-8,10H,5-6H2,1-4H3/b8-7+. The third kappa shape index (κ3) is 4.57. The predicted octanol–water partition coefficient (Wildman–Crippen LogP) is 2.34. The zero-order valence-corrected chi connectivity index (χ0v) is 7.57. The van der Waals surface area contributed by atoms with E-state index in [9.17, 15) is 0 Å². The molecule has 0 fully saturated rings. The SMILES string of the molecule is CC/C=C/C(C)(C)NCC. The fraction of sp³-hybridized carbons (Fsp3) is 0.778.